The molecule has 0 atom stereocenters. The highest BCUT2D eigenvalue weighted by Crippen LogP contribution is 2.29. The number of rotatable bonds is 2. The summed E-state index contributed by atoms with van der Waals surface area (Å²) in [6.07, 6.45) is 0. The summed E-state index contributed by atoms with van der Waals surface area (Å²) in [5.74, 6) is -1.23. The molecular weight excluding hydrogens is 310 g/mol. The topological polar surface area (TPSA) is 84.6 Å². The molecule has 0 saturated carbocycles. The first kappa shape index (κ1) is 14.3. The molecule has 2 heterocycles. The van der Waals surface area contributed by atoms with Gasteiger partial charge in [0.15, 0.2) is 5.58 Å². The lowest BCUT2D eigenvalue weighted by Crippen LogP contribution is -2.44. The van der Waals surface area contributed by atoms with Crippen molar-refractivity contribution in [1.82, 2.24) is 4.57 Å². The third-order valence-corrected chi connectivity index (χ3v) is 3.94. The van der Waals surface area contributed by atoms with Crippen molar-refractivity contribution in [2.45, 2.75) is 6.54 Å². The molecule has 2 aromatic carbocycles. The van der Waals surface area contributed by atoms with Crippen LogP contribution in [0.2, 0.25) is 0 Å². The maximum atomic E-state index is 12.7. The van der Waals surface area contributed by atoms with E-state index in [1.54, 1.807) is 48.5 Å². The third kappa shape index (κ3) is 2.26. The minimum atomic E-state index is -0.598. The van der Waals surface area contributed by atoms with E-state index in [1.807, 2.05) is 0 Å². The fourth-order valence-corrected chi connectivity index (χ4v) is 2.84. The van der Waals surface area contributed by atoms with Gasteiger partial charge in [-0.05, 0) is 24.3 Å². The number of benzene rings is 2. The molecule has 120 valence electrons. The van der Waals surface area contributed by atoms with Gasteiger partial charge in [0.1, 0.15) is 13.1 Å². The molecule has 0 bridgehead atoms. The van der Waals surface area contributed by atoms with Crippen LogP contribution in [0.5, 0.6) is 0 Å². The van der Waals surface area contributed by atoms with Gasteiger partial charge in [-0.15, -0.1) is 0 Å². The van der Waals surface area contributed by atoms with Gasteiger partial charge in [0.2, 0.25) is 11.8 Å². The summed E-state index contributed by atoms with van der Waals surface area (Å²) in [6.45, 7) is -0.280. The van der Waals surface area contributed by atoms with Crippen LogP contribution in [0.1, 0.15) is 0 Å². The quantitative estimate of drug-likeness (QED) is 0.776. The highest BCUT2D eigenvalue weighted by molar-refractivity contribution is 6.09. The van der Waals surface area contributed by atoms with Crippen molar-refractivity contribution in [3.63, 3.8) is 0 Å². The highest BCUT2D eigenvalue weighted by atomic mass is 16.4. The summed E-state index contributed by atoms with van der Waals surface area (Å²) in [5, 5.41) is 2.72. The molecule has 0 unspecified atom stereocenters. The Morgan fingerprint density at radius 1 is 1.08 bits per heavy atom. The van der Waals surface area contributed by atoms with Gasteiger partial charge >= 0.3 is 5.76 Å². The lowest BCUT2D eigenvalue weighted by Gasteiger charge is -2.29. The van der Waals surface area contributed by atoms with E-state index < -0.39 is 5.76 Å². The van der Waals surface area contributed by atoms with Gasteiger partial charge in [0.25, 0.3) is 0 Å². The number of fused-ring (bicyclic) bond motifs is 2. The van der Waals surface area contributed by atoms with Gasteiger partial charge in [-0.25, -0.2) is 4.79 Å². The fourth-order valence-electron chi connectivity index (χ4n) is 2.84. The Kier molecular flexibility index (Phi) is 3.19. The molecule has 1 N–H and O–H groups in total. The van der Waals surface area contributed by atoms with Crippen molar-refractivity contribution in [2.24, 2.45) is 0 Å². The molecule has 1 aliphatic heterocycles. The van der Waals surface area contributed by atoms with Crippen LogP contribution in [0.4, 0.5) is 11.4 Å². The predicted molar refractivity (Wildman–Crippen MR) is 87.9 cm³/mol. The number of aromatic nitrogens is 1. The van der Waals surface area contributed by atoms with Crippen molar-refractivity contribution >= 4 is 34.3 Å². The summed E-state index contributed by atoms with van der Waals surface area (Å²) in [7, 11) is 0. The average molecular weight is 323 g/mol. The van der Waals surface area contributed by atoms with Gasteiger partial charge in [-0.1, -0.05) is 24.3 Å². The molecule has 0 spiro atoms. The van der Waals surface area contributed by atoms with Gasteiger partial charge in [-0.2, -0.15) is 0 Å². The van der Waals surface area contributed by atoms with Gasteiger partial charge < -0.3 is 9.73 Å². The highest BCUT2D eigenvalue weighted by Gasteiger charge is 2.27. The maximum absolute atomic E-state index is 12.7. The molecule has 7 heteroatoms. The van der Waals surface area contributed by atoms with Crippen LogP contribution in [0.3, 0.4) is 0 Å². The molecule has 2 amide bonds. The van der Waals surface area contributed by atoms with Crippen molar-refractivity contribution < 1.29 is 14.0 Å². The molecule has 0 aliphatic carbocycles. The zero-order chi connectivity index (χ0) is 16.7. The molecule has 1 aliphatic rings. The minimum Gasteiger partial charge on any atom is -0.408 e. The van der Waals surface area contributed by atoms with Crippen molar-refractivity contribution in [3.05, 3.63) is 59.1 Å². The number of nitrogens with one attached hydrogen (secondary N) is 1. The number of oxazole rings is 1. The summed E-state index contributed by atoms with van der Waals surface area (Å²) in [6, 6.07) is 13.9. The van der Waals surface area contributed by atoms with Crippen LogP contribution in [-0.4, -0.2) is 22.9 Å². The Hall–Kier alpha value is -3.35. The van der Waals surface area contributed by atoms with Crippen LogP contribution in [0, 0.1) is 0 Å². The van der Waals surface area contributed by atoms with Crippen molar-refractivity contribution in [3.8, 4) is 0 Å². The number of hydrogen-bond acceptors (Lipinski definition) is 4. The Bertz CT molecular complexity index is 1020. The Morgan fingerprint density at radius 2 is 1.83 bits per heavy atom. The van der Waals surface area contributed by atoms with Gasteiger partial charge in [-0.3, -0.25) is 19.1 Å². The number of para-hydroxylation sites is 4. The molecule has 0 radical (unpaired) electrons. The lowest BCUT2D eigenvalue weighted by atomic mass is 10.2. The zero-order valence-corrected chi connectivity index (χ0v) is 12.6. The van der Waals surface area contributed by atoms with Crippen LogP contribution in [0.15, 0.2) is 57.7 Å². The van der Waals surface area contributed by atoms with E-state index in [2.05, 4.69) is 5.32 Å². The van der Waals surface area contributed by atoms with E-state index >= 15 is 0 Å². The van der Waals surface area contributed by atoms with E-state index in [1.165, 1.54) is 9.47 Å². The second-order valence-corrected chi connectivity index (χ2v) is 5.47. The van der Waals surface area contributed by atoms with Crippen LogP contribution >= 0.6 is 0 Å². The fraction of sp³-hybridized carbons (Fsp3) is 0.118. The monoisotopic (exact) mass is 323 g/mol. The van der Waals surface area contributed by atoms with E-state index in [0.29, 0.717) is 22.5 Å². The maximum Gasteiger partial charge on any atom is 0.420 e. The molecule has 0 fully saturated rings. The van der Waals surface area contributed by atoms with Gasteiger partial charge in [0, 0.05) is 0 Å². The zero-order valence-electron chi connectivity index (χ0n) is 12.6. The molecule has 24 heavy (non-hydrogen) atoms. The molecule has 7 nitrogen and oxygen atoms in total. The number of hydrogen-bond donors (Lipinski definition) is 1. The first-order valence-corrected chi connectivity index (χ1v) is 7.41. The summed E-state index contributed by atoms with van der Waals surface area (Å²) < 4.78 is 6.41. The number of carbonyl (C=O) groups is 2. The molecule has 1 aromatic heterocycles. The van der Waals surface area contributed by atoms with Crippen LogP contribution in [-0.2, 0) is 16.1 Å². The van der Waals surface area contributed by atoms with Crippen LogP contribution in [0.25, 0.3) is 11.1 Å². The lowest BCUT2D eigenvalue weighted by molar-refractivity contribution is -0.122. The summed E-state index contributed by atoms with van der Waals surface area (Å²) in [5.41, 5.74) is 2.16. The second-order valence-electron chi connectivity index (χ2n) is 5.47. The molecule has 0 saturated heterocycles. The molecule has 4 rings (SSSR count). The van der Waals surface area contributed by atoms with Crippen molar-refractivity contribution in [2.75, 3.05) is 16.8 Å². The van der Waals surface area contributed by atoms with E-state index in [9.17, 15) is 14.4 Å². The van der Waals surface area contributed by atoms with E-state index in [4.69, 9.17) is 4.42 Å². The average Bonchev–Trinajstić information content (AvgIpc) is 2.89. The van der Waals surface area contributed by atoms with E-state index in [-0.39, 0.29) is 24.9 Å². The third-order valence-electron chi connectivity index (χ3n) is 3.94. The summed E-state index contributed by atoms with van der Waals surface area (Å²) >= 11 is 0. The first-order chi connectivity index (χ1) is 11.6. The number of amides is 2. The van der Waals surface area contributed by atoms with Crippen LogP contribution < -0.4 is 16.0 Å². The molecular formula is C17H13N3O4. The first-order valence-electron chi connectivity index (χ1n) is 7.41. The Morgan fingerprint density at radius 3 is 2.71 bits per heavy atom. The summed E-state index contributed by atoms with van der Waals surface area (Å²) in [4.78, 5) is 37.9. The van der Waals surface area contributed by atoms with Crippen molar-refractivity contribution in [1.29, 1.82) is 0 Å². The minimum absolute atomic E-state index is 0.0830. The number of anilines is 2. The predicted octanol–water partition coefficient (Wildman–Crippen LogP) is 1.58. The number of nitrogens with zero attached hydrogens (tertiary/aromatic N) is 2. The second kappa shape index (κ2) is 5.38. The molecule has 3 aromatic rings. The standard InChI is InChI=1S/C17H13N3O4/c21-15-9-19(12-6-2-1-5-11(12)18-15)16(22)10-20-13-7-3-4-8-14(13)24-17(20)23/h1-8H,9-10H2,(H,18,21). The smallest absolute Gasteiger partial charge is 0.408 e. The largest absolute Gasteiger partial charge is 0.420 e. The SMILES string of the molecule is O=C1CN(C(=O)Cn2c(=O)oc3ccccc32)c2ccccc2N1. The normalized spacial score (nSPS) is 13.7. The number of carbonyl (C=O) groups excluding carboxylic acids is 2. The Labute approximate surface area is 136 Å². The Balaban J connectivity index is 1.71. The van der Waals surface area contributed by atoms with E-state index in [0.717, 1.165) is 0 Å². The van der Waals surface area contributed by atoms with Gasteiger partial charge in [0.05, 0.1) is 16.9 Å².